The van der Waals surface area contributed by atoms with Crippen LogP contribution in [0.4, 0.5) is 0 Å². The molecule has 0 aromatic heterocycles. The van der Waals surface area contributed by atoms with E-state index < -0.39 is 6.10 Å². The monoisotopic (exact) mass is 355 g/mol. The van der Waals surface area contributed by atoms with Gasteiger partial charge in [0, 0.05) is 6.54 Å². The molecule has 0 heterocycles. The van der Waals surface area contributed by atoms with Crippen LogP contribution in [-0.2, 0) is 11.2 Å². The molecule has 0 aliphatic carbocycles. The number of nitrogens with one attached hydrogen (secondary N) is 1. The molecule has 140 valence electrons. The van der Waals surface area contributed by atoms with E-state index in [9.17, 15) is 4.79 Å². The molecular weight excluding hydrogens is 326 g/mol. The minimum Gasteiger partial charge on any atom is -0.493 e. The normalized spacial score (nSPS) is 11.7. The first kappa shape index (κ1) is 19.8. The Balaban J connectivity index is 1.73. The predicted octanol–water partition coefficient (Wildman–Crippen LogP) is 4.30. The molecule has 0 aliphatic rings. The number of carbonyl (C=O) groups is 1. The summed E-state index contributed by atoms with van der Waals surface area (Å²) in [7, 11) is 0. The van der Waals surface area contributed by atoms with E-state index in [0.717, 1.165) is 37.2 Å². The van der Waals surface area contributed by atoms with Gasteiger partial charge < -0.3 is 14.8 Å². The minimum absolute atomic E-state index is 0.0962. The first-order valence-corrected chi connectivity index (χ1v) is 9.32. The van der Waals surface area contributed by atoms with Gasteiger partial charge in [0.05, 0.1) is 6.61 Å². The van der Waals surface area contributed by atoms with Crippen molar-refractivity contribution in [2.24, 2.45) is 0 Å². The topological polar surface area (TPSA) is 47.6 Å². The second-order valence-electron chi connectivity index (χ2n) is 6.42. The molecular formula is C22H29NO3. The van der Waals surface area contributed by atoms with Crippen molar-refractivity contribution in [2.45, 2.75) is 46.1 Å². The number of aryl methyl sites for hydroxylation is 2. The largest absolute Gasteiger partial charge is 0.493 e. The number of hydrogen-bond acceptors (Lipinski definition) is 3. The van der Waals surface area contributed by atoms with Crippen molar-refractivity contribution in [1.82, 2.24) is 5.32 Å². The molecule has 1 atom stereocenters. The lowest BCUT2D eigenvalue weighted by molar-refractivity contribution is -0.127. The number of rotatable bonds is 10. The number of hydrogen-bond donors (Lipinski definition) is 1. The van der Waals surface area contributed by atoms with Gasteiger partial charge in [0.1, 0.15) is 11.5 Å². The highest BCUT2D eigenvalue weighted by molar-refractivity contribution is 5.80. The highest BCUT2D eigenvalue weighted by Crippen LogP contribution is 2.19. The summed E-state index contributed by atoms with van der Waals surface area (Å²) in [4.78, 5) is 12.2. The lowest BCUT2D eigenvalue weighted by Crippen LogP contribution is -2.36. The van der Waals surface area contributed by atoms with Gasteiger partial charge in [0.15, 0.2) is 6.10 Å². The van der Waals surface area contributed by atoms with Gasteiger partial charge in [0.2, 0.25) is 0 Å². The van der Waals surface area contributed by atoms with Crippen molar-refractivity contribution in [3.8, 4) is 11.5 Å². The quantitative estimate of drug-likeness (QED) is 0.647. The van der Waals surface area contributed by atoms with E-state index in [0.29, 0.717) is 12.3 Å². The van der Waals surface area contributed by atoms with Crippen LogP contribution in [-0.4, -0.2) is 25.2 Å². The smallest absolute Gasteiger partial charge is 0.260 e. The number of ether oxygens (including phenoxy) is 2. The van der Waals surface area contributed by atoms with Crippen LogP contribution in [0.2, 0.25) is 0 Å². The Morgan fingerprint density at radius 1 is 1.12 bits per heavy atom. The molecule has 0 aliphatic heterocycles. The Morgan fingerprint density at radius 2 is 1.85 bits per heavy atom. The molecule has 1 amide bonds. The third-order valence-electron chi connectivity index (χ3n) is 4.06. The molecule has 2 aromatic rings. The Morgan fingerprint density at radius 3 is 2.58 bits per heavy atom. The van der Waals surface area contributed by atoms with Gasteiger partial charge in [-0.05, 0) is 56.9 Å². The van der Waals surface area contributed by atoms with Gasteiger partial charge in [-0.3, -0.25) is 4.79 Å². The van der Waals surface area contributed by atoms with Crippen molar-refractivity contribution < 1.29 is 14.3 Å². The summed E-state index contributed by atoms with van der Waals surface area (Å²) < 4.78 is 11.4. The van der Waals surface area contributed by atoms with Crippen LogP contribution in [0.3, 0.4) is 0 Å². The second-order valence-corrected chi connectivity index (χ2v) is 6.42. The van der Waals surface area contributed by atoms with E-state index in [1.54, 1.807) is 6.92 Å². The zero-order valence-corrected chi connectivity index (χ0v) is 16.0. The van der Waals surface area contributed by atoms with Gasteiger partial charge in [0.25, 0.3) is 5.91 Å². The van der Waals surface area contributed by atoms with Crippen molar-refractivity contribution in [3.63, 3.8) is 0 Å². The number of para-hydroxylation sites is 1. The van der Waals surface area contributed by atoms with Crippen LogP contribution in [0.25, 0.3) is 0 Å². The molecule has 26 heavy (non-hydrogen) atoms. The van der Waals surface area contributed by atoms with Crippen LogP contribution in [0.15, 0.2) is 48.5 Å². The molecule has 2 aromatic carbocycles. The average Bonchev–Trinajstić information content (AvgIpc) is 2.66. The molecule has 4 nitrogen and oxygen atoms in total. The minimum atomic E-state index is -0.516. The highest BCUT2D eigenvalue weighted by atomic mass is 16.5. The molecule has 0 radical (unpaired) electrons. The molecule has 1 N–H and O–H groups in total. The Kier molecular flexibility index (Phi) is 8.00. The van der Waals surface area contributed by atoms with Crippen LogP contribution in [0.5, 0.6) is 11.5 Å². The van der Waals surface area contributed by atoms with E-state index in [-0.39, 0.29) is 5.91 Å². The summed E-state index contributed by atoms with van der Waals surface area (Å²) >= 11 is 0. The summed E-state index contributed by atoms with van der Waals surface area (Å²) in [5.74, 6) is 1.55. The molecule has 4 heteroatoms. The van der Waals surface area contributed by atoms with Crippen molar-refractivity contribution in [1.29, 1.82) is 0 Å². The van der Waals surface area contributed by atoms with E-state index in [1.807, 2.05) is 49.4 Å². The van der Waals surface area contributed by atoms with E-state index in [4.69, 9.17) is 9.47 Å². The standard InChI is InChI=1S/C22H29NO3/c1-4-16-25-21-10-6-5-8-19(21)9-7-15-23-22(24)18(3)26-20-13-11-17(2)12-14-20/h5-6,8,10-14,18H,4,7,9,15-16H2,1-3H3,(H,23,24). The van der Waals surface area contributed by atoms with Crippen molar-refractivity contribution in [2.75, 3.05) is 13.2 Å². The molecule has 0 saturated carbocycles. The third kappa shape index (κ3) is 6.43. The molecule has 0 fully saturated rings. The Bertz CT molecular complexity index is 682. The summed E-state index contributed by atoms with van der Waals surface area (Å²) in [5, 5.41) is 2.94. The van der Waals surface area contributed by atoms with E-state index in [1.165, 1.54) is 5.56 Å². The predicted molar refractivity (Wildman–Crippen MR) is 105 cm³/mol. The maximum atomic E-state index is 12.2. The first-order chi connectivity index (χ1) is 12.6. The Labute approximate surface area is 156 Å². The van der Waals surface area contributed by atoms with Crippen LogP contribution in [0.1, 0.15) is 37.8 Å². The molecule has 0 spiro atoms. The summed E-state index contributed by atoms with van der Waals surface area (Å²) in [6.07, 6.45) is 2.20. The zero-order valence-electron chi connectivity index (χ0n) is 16.0. The van der Waals surface area contributed by atoms with Gasteiger partial charge in [-0.1, -0.05) is 42.8 Å². The maximum Gasteiger partial charge on any atom is 0.260 e. The van der Waals surface area contributed by atoms with Crippen LogP contribution in [0, 0.1) is 6.92 Å². The van der Waals surface area contributed by atoms with Crippen LogP contribution >= 0.6 is 0 Å². The van der Waals surface area contributed by atoms with Gasteiger partial charge in [-0.2, -0.15) is 0 Å². The average molecular weight is 355 g/mol. The molecule has 0 saturated heterocycles. The summed E-state index contributed by atoms with van der Waals surface area (Å²) in [6, 6.07) is 15.8. The zero-order chi connectivity index (χ0) is 18.8. The van der Waals surface area contributed by atoms with Crippen LogP contribution < -0.4 is 14.8 Å². The fourth-order valence-electron chi connectivity index (χ4n) is 2.57. The van der Waals surface area contributed by atoms with Gasteiger partial charge in [-0.25, -0.2) is 0 Å². The fourth-order valence-corrected chi connectivity index (χ4v) is 2.57. The third-order valence-corrected chi connectivity index (χ3v) is 4.06. The lowest BCUT2D eigenvalue weighted by Gasteiger charge is -2.15. The summed E-state index contributed by atoms with van der Waals surface area (Å²) in [6.45, 7) is 7.22. The van der Waals surface area contributed by atoms with Gasteiger partial charge in [-0.15, -0.1) is 0 Å². The number of benzene rings is 2. The number of carbonyl (C=O) groups excluding carboxylic acids is 1. The second kappa shape index (κ2) is 10.5. The van der Waals surface area contributed by atoms with Gasteiger partial charge >= 0.3 is 0 Å². The van der Waals surface area contributed by atoms with E-state index in [2.05, 4.69) is 18.3 Å². The fraction of sp³-hybridized carbons (Fsp3) is 0.409. The molecule has 2 rings (SSSR count). The highest BCUT2D eigenvalue weighted by Gasteiger charge is 2.14. The van der Waals surface area contributed by atoms with Crippen molar-refractivity contribution >= 4 is 5.91 Å². The maximum absolute atomic E-state index is 12.2. The summed E-state index contributed by atoms with van der Waals surface area (Å²) in [5.41, 5.74) is 2.34. The SMILES string of the molecule is CCCOc1ccccc1CCCNC(=O)C(C)Oc1ccc(C)cc1. The molecule has 1 unspecified atom stereocenters. The van der Waals surface area contributed by atoms with E-state index >= 15 is 0 Å². The lowest BCUT2D eigenvalue weighted by atomic mass is 10.1. The Hall–Kier alpha value is -2.49. The molecule has 0 bridgehead atoms. The first-order valence-electron chi connectivity index (χ1n) is 9.32. The van der Waals surface area contributed by atoms with Crippen molar-refractivity contribution in [3.05, 3.63) is 59.7 Å². The number of amides is 1.